The number of hydrogen-bond acceptors (Lipinski definition) is 2. The zero-order valence-corrected chi connectivity index (χ0v) is 34.9. The number of rotatable bonds is 44. The van der Waals surface area contributed by atoms with E-state index >= 15 is 0 Å². The van der Waals surface area contributed by atoms with Gasteiger partial charge < -0.3 is 0 Å². The molecule has 0 spiro atoms. The van der Waals surface area contributed by atoms with Crippen molar-refractivity contribution in [2.75, 3.05) is 23.5 Å². The highest BCUT2D eigenvalue weighted by Crippen LogP contribution is 2.18. The van der Waals surface area contributed by atoms with Crippen molar-refractivity contribution < 1.29 is 0 Å². The summed E-state index contributed by atoms with van der Waals surface area (Å²) in [5.41, 5.74) is 0. The van der Waals surface area contributed by atoms with E-state index in [4.69, 9.17) is 0 Å². The van der Waals surface area contributed by atoms with E-state index < -0.39 is 0 Å². The minimum absolute atomic E-state index is 1.36. The van der Waals surface area contributed by atoms with Crippen LogP contribution in [0.25, 0.3) is 0 Å². The van der Waals surface area contributed by atoms with Crippen LogP contribution in [0.5, 0.6) is 0 Å². The predicted octanol–water partition coefficient (Wildman–Crippen LogP) is 17.7. The summed E-state index contributed by atoms with van der Waals surface area (Å²) in [6, 6.07) is 0. The quantitative estimate of drug-likeness (QED) is 0.0582. The molecule has 0 aliphatic rings. The van der Waals surface area contributed by atoms with Gasteiger partial charge in [-0.1, -0.05) is 244 Å². The molecule has 0 rings (SSSR count). The van der Waals surface area contributed by atoms with Crippen LogP contribution in [0, 0.1) is 0 Å². The van der Waals surface area contributed by atoms with Crippen molar-refractivity contribution in [1.82, 2.24) is 0 Å². The Labute approximate surface area is 309 Å². The first-order chi connectivity index (χ1) is 23.4. The lowest BCUT2D eigenvalue weighted by atomic mass is 10.0. The van der Waals surface area contributed by atoms with E-state index in [-0.39, 0.29) is 0 Å². The molecule has 2 heteroatoms. The minimum Gasteiger partial charge on any atom is -0.165 e. The smallest absolute Gasteiger partial charge is 0.00675 e. The van der Waals surface area contributed by atoms with Gasteiger partial charge in [-0.3, -0.25) is 0 Å². The van der Waals surface area contributed by atoms with Crippen molar-refractivity contribution in [3.05, 3.63) is 0 Å². The molecular formula is C45H92S2. The third-order valence-electron chi connectivity index (χ3n) is 10.5. The van der Waals surface area contributed by atoms with Crippen molar-refractivity contribution in [2.45, 2.75) is 264 Å². The highest BCUT2D eigenvalue weighted by molar-refractivity contribution is 7.99. The molecule has 0 heterocycles. The van der Waals surface area contributed by atoms with E-state index in [9.17, 15) is 0 Å². The van der Waals surface area contributed by atoms with Gasteiger partial charge in [0.1, 0.15) is 0 Å². The maximum Gasteiger partial charge on any atom is -0.00675 e. The molecule has 0 saturated carbocycles. The third-order valence-corrected chi connectivity index (χ3v) is 12.4. The van der Waals surface area contributed by atoms with Crippen LogP contribution in [0.1, 0.15) is 264 Å². The highest BCUT2D eigenvalue weighted by atomic mass is 32.2. The highest BCUT2D eigenvalue weighted by Gasteiger charge is 1.98. The Balaban J connectivity index is 3.03. The molecule has 284 valence electrons. The van der Waals surface area contributed by atoms with E-state index in [1.54, 1.807) is 0 Å². The van der Waals surface area contributed by atoms with Crippen LogP contribution in [0.4, 0.5) is 0 Å². The van der Waals surface area contributed by atoms with Gasteiger partial charge in [-0.15, -0.1) is 0 Å². The summed E-state index contributed by atoms with van der Waals surface area (Å²) in [6.45, 7) is 2.31. The summed E-state index contributed by atoms with van der Waals surface area (Å²) in [5.74, 6) is 4.18. The van der Waals surface area contributed by atoms with Crippen LogP contribution in [0.3, 0.4) is 0 Å². The van der Waals surface area contributed by atoms with Gasteiger partial charge in [-0.05, 0) is 42.8 Å². The molecular weight excluding hydrogens is 605 g/mol. The monoisotopic (exact) mass is 697 g/mol. The summed E-state index contributed by atoms with van der Waals surface area (Å²) >= 11 is 4.23. The summed E-state index contributed by atoms with van der Waals surface area (Å²) < 4.78 is 0. The molecule has 0 radical (unpaired) electrons. The fraction of sp³-hybridized carbons (Fsp3) is 1.00. The van der Waals surface area contributed by atoms with Crippen LogP contribution >= 0.6 is 23.5 Å². The molecule has 0 aliphatic heterocycles. The van der Waals surface area contributed by atoms with Crippen molar-refractivity contribution in [3.8, 4) is 0 Å². The third kappa shape index (κ3) is 46.7. The van der Waals surface area contributed by atoms with E-state index in [1.807, 2.05) is 11.8 Å². The lowest BCUT2D eigenvalue weighted by Crippen LogP contribution is -1.87. The zero-order chi connectivity index (χ0) is 33.8. The molecule has 0 bridgehead atoms. The first kappa shape index (κ1) is 47.7. The van der Waals surface area contributed by atoms with E-state index in [1.165, 1.54) is 274 Å². The van der Waals surface area contributed by atoms with Crippen molar-refractivity contribution >= 4 is 23.5 Å². The lowest BCUT2D eigenvalue weighted by molar-refractivity contribution is 0.514. The van der Waals surface area contributed by atoms with E-state index in [0.717, 1.165) is 0 Å². The topological polar surface area (TPSA) is 0 Å². The van der Waals surface area contributed by atoms with Gasteiger partial charge in [-0.25, -0.2) is 0 Å². The fourth-order valence-corrected chi connectivity index (χ4v) is 8.71. The maximum atomic E-state index is 2.31. The van der Waals surface area contributed by atoms with Gasteiger partial charge in [0.2, 0.25) is 0 Å². The average molecular weight is 697 g/mol. The van der Waals surface area contributed by atoms with Crippen LogP contribution in [0.15, 0.2) is 0 Å². The van der Waals surface area contributed by atoms with Crippen molar-refractivity contribution in [1.29, 1.82) is 0 Å². The molecule has 0 aromatic rings. The second-order valence-electron chi connectivity index (χ2n) is 15.4. The summed E-state index contributed by atoms with van der Waals surface area (Å²) in [6.07, 6.45) is 61.4. The maximum absolute atomic E-state index is 2.31. The average Bonchev–Trinajstić information content (AvgIpc) is 3.08. The zero-order valence-electron chi connectivity index (χ0n) is 33.2. The van der Waals surface area contributed by atoms with Gasteiger partial charge >= 0.3 is 0 Å². The first-order valence-electron chi connectivity index (χ1n) is 22.5. The molecule has 0 saturated heterocycles. The Bertz CT molecular complexity index is 462. The Morgan fingerprint density at radius 3 is 0.574 bits per heavy atom. The molecule has 0 aromatic heterocycles. The Morgan fingerprint density at radius 1 is 0.213 bits per heavy atom. The normalized spacial score (nSPS) is 11.6. The van der Waals surface area contributed by atoms with Gasteiger partial charge in [0.25, 0.3) is 0 Å². The number of thioether (sulfide) groups is 2. The standard InChI is InChI=1S/C45H92S2/c1-3-4-5-6-7-8-9-10-11-12-13-14-15-16-17-18-19-20-21-22-23-24-25-26-29-32-35-38-41-44-47-45-42-39-36-33-30-27-28-31-34-37-40-43-46-2/h3-45H2,1-2H3. The molecule has 0 N–H and O–H groups in total. The fourth-order valence-electron chi connectivity index (χ4n) is 7.19. The Morgan fingerprint density at radius 2 is 0.383 bits per heavy atom. The van der Waals surface area contributed by atoms with E-state index in [0.29, 0.717) is 0 Å². The molecule has 0 nitrogen and oxygen atoms in total. The van der Waals surface area contributed by atoms with Crippen molar-refractivity contribution in [3.63, 3.8) is 0 Å². The summed E-state index contributed by atoms with van der Waals surface area (Å²) in [5, 5.41) is 0. The van der Waals surface area contributed by atoms with Crippen LogP contribution in [-0.4, -0.2) is 23.5 Å². The van der Waals surface area contributed by atoms with Crippen LogP contribution in [0.2, 0.25) is 0 Å². The first-order valence-corrected chi connectivity index (χ1v) is 25.0. The predicted molar refractivity (Wildman–Crippen MR) is 226 cm³/mol. The second kappa shape index (κ2) is 46.7. The second-order valence-corrected chi connectivity index (χ2v) is 17.6. The molecule has 0 atom stereocenters. The van der Waals surface area contributed by atoms with Crippen LogP contribution < -0.4 is 0 Å². The Kier molecular flexibility index (Phi) is 47.4. The SMILES string of the molecule is CCCCCCCCCCCCCCCCCCCCCCCCCCCCCCCSCCCCCCCCCCCCCSC. The largest absolute Gasteiger partial charge is 0.165 e. The molecule has 0 aliphatic carbocycles. The van der Waals surface area contributed by atoms with Crippen LogP contribution in [-0.2, 0) is 0 Å². The molecule has 0 aromatic carbocycles. The summed E-state index contributed by atoms with van der Waals surface area (Å²) in [7, 11) is 0. The minimum atomic E-state index is 1.36. The molecule has 0 fully saturated rings. The number of unbranched alkanes of at least 4 members (excludes halogenated alkanes) is 38. The van der Waals surface area contributed by atoms with Gasteiger partial charge in [0.05, 0.1) is 0 Å². The Hall–Kier alpha value is 0.700. The molecule has 0 unspecified atom stereocenters. The van der Waals surface area contributed by atoms with Gasteiger partial charge in [-0.2, -0.15) is 23.5 Å². The van der Waals surface area contributed by atoms with Gasteiger partial charge in [0, 0.05) is 0 Å². The summed E-state index contributed by atoms with van der Waals surface area (Å²) in [4.78, 5) is 0. The molecule has 0 amide bonds. The number of hydrogen-bond donors (Lipinski definition) is 0. The van der Waals surface area contributed by atoms with Gasteiger partial charge in [0.15, 0.2) is 0 Å². The van der Waals surface area contributed by atoms with Crippen molar-refractivity contribution in [2.24, 2.45) is 0 Å². The lowest BCUT2D eigenvalue weighted by Gasteiger charge is -2.05. The van der Waals surface area contributed by atoms with E-state index in [2.05, 4.69) is 24.9 Å². The molecule has 47 heavy (non-hydrogen) atoms.